The molecule has 1 aliphatic heterocycles. The van der Waals surface area contributed by atoms with E-state index < -0.39 is 0 Å². The Kier molecular flexibility index (Phi) is 6.76. The Morgan fingerprint density at radius 3 is 2.86 bits per heavy atom. The van der Waals surface area contributed by atoms with Gasteiger partial charge >= 0.3 is 0 Å². The van der Waals surface area contributed by atoms with Crippen molar-refractivity contribution in [2.75, 3.05) is 44.7 Å². The van der Waals surface area contributed by atoms with Gasteiger partial charge in [-0.25, -0.2) is 0 Å². The van der Waals surface area contributed by atoms with Crippen LogP contribution in [0.1, 0.15) is 23.7 Å². The monoisotopic (exact) mass is 321 g/mol. The lowest BCUT2D eigenvalue weighted by Crippen LogP contribution is -2.38. The maximum absolute atomic E-state index is 11.4. The molecule has 1 aromatic carbocycles. The molecule has 6 heteroatoms. The van der Waals surface area contributed by atoms with Gasteiger partial charge in [-0.2, -0.15) is 0 Å². The van der Waals surface area contributed by atoms with Crippen LogP contribution in [0.15, 0.2) is 24.3 Å². The molecule has 1 fully saturated rings. The van der Waals surface area contributed by atoms with Crippen molar-refractivity contribution in [1.29, 1.82) is 0 Å². The van der Waals surface area contributed by atoms with Gasteiger partial charge in [0.25, 0.3) is 0 Å². The fraction of sp³-hybridized carbons (Fsp3) is 0.500. The number of rotatable bonds is 6. The third kappa shape index (κ3) is 5.71. The van der Waals surface area contributed by atoms with Crippen molar-refractivity contribution in [3.05, 3.63) is 29.8 Å². The van der Waals surface area contributed by atoms with Crippen LogP contribution in [0.4, 0.5) is 5.69 Å². The normalized spacial score (nSPS) is 15.3. The lowest BCUT2D eigenvalue weighted by atomic mass is 10.1. The van der Waals surface area contributed by atoms with Crippen molar-refractivity contribution in [3.63, 3.8) is 0 Å². The number of nitrogens with zero attached hydrogens (tertiary/aromatic N) is 1. The van der Waals surface area contributed by atoms with E-state index in [-0.39, 0.29) is 5.78 Å². The summed E-state index contributed by atoms with van der Waals surface area (Å²) in [6.45, 7) is 7.14. The molecule has 0 radical (unpaired) electrons. The quantitative estimate of drug-likeness (QED) is 0.474. The van der Waals surface area contributed by atoms with Gasteiger partial charge in [-0.05, 0) is 44.2 Å². The summed E-state index contributed by atoms with van der Waals surface area (Å²) in [6.07, 6.45) is 1.04. The highest BCUT2D eigenvalue weighted by atomic mass is 32.1. The van der Waals surface area contributed by atoms with Crippen LogP contribution >= 0.6 is 12.2 Å². The minimum atomic E-state index is 0.0491. The van der Waals surface area contributed by atoms with Gasteiger partial charge < -0.3 is 15.4 Å². The maximum atomic E-state index is 11.4. The van der Waals surface area contributed by atoms with Crippen molar-refractivity contribution in [3.8, 4) is 0 Å². The highest BCUT2D eigenvalue weighted by Gasteiger charge is 2.09. The summed E-state index contributed by atoms with van der Waals surface area (Å²) in [7, 11) is 0. The van der Waals surface area contributed by atoms with Gasteiger partial charge in [0, 0.05) is 30.9 Å². The van der Waals surface area contributed by atoms with E-state index in [0.717, 1.165) is 51.5 Å². The summed E-state index contributed by atoms with van der Waals surface area (Å²) < 4.78 is 5.32. The van der Waals surface area contributed by atoms with Gasteiger partial charge in [0.05, 0.1) is 13.2 Å². The average Bonchev–Trinajstić information content (AvgIpc) is 2.53. The van der Waals surface area contributed by atoms with E-state index in [1.54, 1.807) is 13.0 Å². The Morgan fingerprint density at radius 2 is 2.14 bits per heavy atom. The number of carbonyl (C=O) groups is 1. The molecule has 1 saturated heterocycles. The van der Waals surface area contributed by atoms with Crippen LogP contribution in [0.2, 0.25) is 0 Å². The van der Waals surface area contributed by atoms with Crippen LogP contribution in [-0.4, -0.2) is 55.2 Å². The number of hydrogen-bond acceptors (Lipinski definition) is 4. The average molecular weight is 321 g/mol. The number of morpholine rings is 1. The van der Waals surface area contributed by atoms with Crippen molar-refractivity contribution in [1.82, 2.24) is 10.2 Å². The molecule has 5 nitrogen and oxygen atoms in total. The van der Waals surface area contributed by atoms with E-state index in [9.17, 15) is 4.79 Å². The Morgan fingerprint density at radius 1 is 1.36 bits per heavy atom. The zero-order chi connectivity index (χ0) is 15.8. The number of benzene rings is 1. The van der Waals surface area contributed by atoms with Gasteiger partial charge in [0.15, 0.2) is 10.9 Å². The summed E-state index contributed by atoms with van der Waals surface area (Å²) in [4.78, 5) is 13.8. The van der Waals surface area contributed by atoms with Crippen LogP contribution < -0.4 is 10.6 Å². The summed E-state index contributed by atoms with van der Waals surface area (Å²) in [5.74, 6) is 0.0491. The molecule has 1 heterocycles. The van der Waals surface area contributed by atoms with Gasteiger partial charge in [-0.1, -0.05) is 12.1 Å². The third-order valence-corrected chi connectivity index (χ3v) is 3.81. The molecule has 0 unspecified atom stereocenters. The SMILES string of the molecule is CC(=O)c1cccc(NC(=S)NCCCN2CCOCC2)c1. The molecule has 0 saturated carbocycles. The summed E-state index contributed by atoms with van der Waals surface area (Å²) in [5, 5.41) is 6.89. The molecular formula is C16H23N3O2S. The Balaban J connectivity index is 1.67. The number of ether oxygens (including phenoxy) is 1. The van der Waals surface area contributed by atoms with Gasteiger partial charge in [0.2, 0.25) is 0 Å². The number of carbonyl (C=O) groups excluding carboxylic acids is 1. The van der Waals surface area contributed by atoms with Crippen LogP contribution in [0.25, 0.3) is 0 Å². The Hall–Kier alpha value is -1.50. The molecular weight excluding hydrogens is 298 g/mol. The highest BCUT2D eigenvalue weighted by Crippen LogP contribution is 2.11. The molecule has 0 aliphatic carbocycles. The lowest BCUT2D eigenvalue weighted by molar-refractivity contribution is 0.0376. The minimum absolute atomic E-state index is 0.0491. The first-order valence-electron chi connectivity index (χ1n) is 7.61. The van der Waals surface area contributed by atoms with Gasteiger partial charge in [-0.15, -0.1) is 0 Å². The number of ketones is 1. The molecule has 1 aromatic rings. The largest absolute Gasteiger partial charge is 0.379 e. The fourth-order valence-corrected chi connectivity index (χ4v) is 2.54. The van der Waals surface area contributed by atoms with E-state index in [0.29, 0.717) is 10.7 Å². The Labute approximate surface area is 137 Å². The smallest absolute Gasteiger partial charge is 0.170 e. The second kappa shape index (κ2) is 8.82. The summed E-state index contributed by atoms with van der Waals surface area (Å²) in [5.41, 5.74) is 1.51. The molecule has 0 amide bonds. The third-order valence-electron chi connectivity index (χ3n) is 3.57. The van der Waals surface area contributed by atoms with Gasteiger partial charge in [-0.3, -0.25) is 9.69 Å². The van der Waals surface area contributed by atoms with E-state index in [4.69, 9.17) is 17.0 Å². The van der Waals surface area contributed by atoms with E-state index >= 15 is 0 Å². The van der Waals surface area contributed by atoms with Crippen LogP contribution in [0.3, 0.4) is 0 Å². The van der Waals surface area contributed by atoms with Crippen molar-refractivity contribution in [2.24, 2.45) is 0 Å². The molecule has 0 bridgehead atoms. The standard InChI is InChI=1S/C16H23N3O2S/c1-13(20)14-4-2-5-15(12-14)18-16(22)17-6-3-7-19-8-10-21-11-9-19/h2,4-5,12H,3,6-11H2,1H3,(H2,17,18,22). The van der Waals surface area contributed by atoms with Gasteiger partial charge in [0.1, 0.15) is 0 Å². The van der Waals surface area contributed by atoms with Crippen molar-refractivity contribution < 1.29 is 9.53 Å². The molecule has 2 N–H and O–H groups in total. The molecule has 0 atom stereocenters. The molecule has 22 heavy (non-hydrogen) atoms. The van der Waals surface area contributed by atoms with Crippen molar-refractivity contribution in [2.45, 2.75) is 13.3 Å². The van der Waals surface area contributed by atoms with Crippen LogP contribution in [0, 0.1) is 0 Å². The lowest BCUT2D eigenvalue weighted by Gasteiger charge is -2.26. The molecule has 2 rings (SSSR count). The zero-order valence-corrected chi connectivity index (χ0v) is 13.7. The first kappa shape index (κ1) is 16.9. The van der Waals surface area contributed by atoms with Crippen molar-refractivity contribution >= 4 is 28.8 Å². The van der Waals surface area contributed by atoms with Crippen LogP contribution in [0.5, 0.6) is 0 Å². The second-order valence-electron chi connectivity index (χ2n) is 5.33. The summed E-state index contributed by atoms with van der Waals surface area (Å²) >= 11 is 5.27. The minimum Gasteiger partial charge on any atom is -0.379 e. The number of anilines is 1. The molecule has 0 spiro atoms. The number of nitrogens with one attached hydrogen (secondary N) is 2. The number of Topliss-reactive ketones (excluding diaryl/α,β-unsaturated/α-hetero) is 1. The van der Waals surface area contributed by atoms with E-state index in [1.807, 2.05) is 18.2 Å². The summed E-state index contributed by atoms with van der Waals surface area (Å²) in [6, 6.07) is 7.35. The first-order valence-corrected chi connectivity index (χ1v) is 8.02. The predicted octanol–water partition coefficient (Wildman–Crippen LogP) is 1.90. The maximum Gasteiger partial charge on any atom is 0.170 e. The van der Waals surface area contributed by atoms with E-state index in [1.165, 1.54) is 0 Å². The highest BCUT2D eigenvalue weighted by molar-refractivity contribution is 7.80. The first-order chi connectivity index (χ1) is 10.6. The van der Waals surface area contributed by atoms with E-state index in [2.05, 4.69) is 15.5 Å². The number of thiocarbonyl (C=S) groups is 1. The van der Waals surface area contributed by atoms with Crippen LogP contribution in [-0.2, 0) is 4.74 Å². The molecule has 120 valence electrons. The zero-order valence-electron chi connectivity index (χ0n) is 12.9. The molecule has 1 aliphatic rings. The topological polar surface area (TPSA) is 53.6 Å². The fourth-order valence-electron chi connectivity index (χ4n) is 2.32. The Bertz CT molecular complexity index is 516. The molecule has 0 aromatic heterocycles. The second-order valence-corrected chi connectivity index (χ2v) is 5.73. The predicted molar refractivity (Wildman–Crippen MR) is 92.5 cm³/mol. The number of hydrogen-bond donors (Lipinski definition) is 2.